The van der Waals surface area contributed by atoms with Crippen molar-refractivity contribution in [3.63, 3.8) is 0 Å². The molecule has 0 saturated heterocycles. The minimum atomic E-state index is -0.595. The fourth-order valence-electron chi connectivity index (χ4n) is 3.01. The molecule has 4 rings (SSSR count). The van der Waals surface area contributed by atoms with Gasteiger partial charge < -0.3 is 15.2 Å². The number of hydrogen-bond acceptors (Lipinski definition) is 5. The van der Waals surface area contributed by atoms with E-state index in [1.54, 1.807) is 23.0 Å². The van der Waals surface area contributed by atoms with E-state index >= 15 is 0 Å². The van der Waals surface area contributed by atoms with Crippen LogP contribution >= 0.6 is 0 Å². The van der Waals surface area contributed by atoms with Crippen LogP contribution < -0.4 is 5.32 Å². The highest BCUT2D eigenvalue weighted by molar-refractivity contribution is 5.95. The van der Waals surface area contributed by atoms with Gasteiger partial charge in [-0.2, -0.15) is 0 Å². The van der Waals surface area contributed by atoms with Crippen LogP contribution in [-0.4, -0.2) is 32.6 Å². The third-order valence-electron chi connectivity index (χ3n) is 4.33. The molecular formula is C19H18N4O3. The zero-order chi connectivity index (χ0) is 17.9. The number of hydrogen-bond donors (Lipinski definition) is 2. The summed E-state index contributed by atoms with van der Waals surface area (Å²) in [6.45, 7) is 0.379. The van der Waals surface area contributed by atoms with Crippen molar-refractivity contribution in [1.82, 2.24) is 15.0 Å². The van der Waals surface area contributed by atoms with Gasteiger partial charge in [0.25, 0.3) is 5.91 Å². The SMILES string of the molecule is O=C(Nc1ccc(-n2cc(CO)nn2)cc1)C1OCCc2ccccc21. The van der Waals surface area contributed by atoms with E-state index in [0.717, 1.165) is 23.2 Å². The number of carbonyl (C=O) groups is 1. The molecule has 1 aliphatic heterocycles. The summed E-state index contributed by atoms with van der Waals surface area (Å²) in [5.41, 5.74) is 4.03. The fraction of sp³-hybridized carbons (Fsp3) is 0.211. The Labute approximate surface area is 150 Å². The number of carbonyl (C=O) groups excluding carboxylic acids is 1. The van der Waals surface area contributed by atoms with E-state index in [-0.39, 0.29) is 12.5 Å². The molecule has 7 nitrogen and oxygen atoms in total. The molecule has 1 unspecified atom stereocenters. The normalized spacial score (nSPS) is 16.1. The second-order valence-corrected chi connectivity index (χ2v) is 6.05. The number of nitrogens with one attached hydrogen (secondary N) is 1. The predicted molar refractivity (Wildman–Crippen MR) is 94.8 cm³/mol. The van der Waals surface area contributed by atoms with Gasteiger partial charge in [-0.15, -0.1) is 5.10 Å². The molecule has 1 aliphatic rings. The highest BCUT2D eigenvalue weighted by atomic mass is 16.5. The third-order valence-corrected chi connectivity index (χ3v) is 4.33. The second kappa shape index (κ2) is 7.07. The van der Waals surface area contributed by atoms with E-state index in [2.05, 4.69) is 15.6 Å². The van der Waals surface area contributed by atoms with E-state index < -0.39 is 6.10 Å². The molecule has 7 heteroatoms. The number of rotatable bonds is 4. The van der Waals surface area contributed by atoms with Crippen LogP contribution in [0.15, 0.2) is 54.7 Å². The van der Waals surface area contributed by atoms with Gasteiger partial charge in [-0.3, -0.25) is 4.79 Å². The monoisotopic (exact) mass is 350 g/mol. The number of aliphatic hydroxyl groups excluding tert-OH is 1. The van der Waals surface area contributed by atoms with Crippen LogP contribution in [0.3, 0.4) is 0 Å². The molecule has 1 amide bonds. The molecule has 2 aromatic carbocycles. The number of ether oxygens (including phenoxy) is 1. The number of anilines is 1. The molecule has 2 N–H and O–H groups in total. The number of aromatic nitrogens is 3. The summed E-state index contributed by atoms with van der Waals surface area (Å²) in [6, 6.07) is 15.1. The van der Waals surface area contributed by atoms with Crippen LogP contribution in [0.5, 0.6) is 0 Å². The first-order valence-corrected chi connectivity index (χ1v) is 8.37. The number of amides is 1. The lowest BCUT2D eigenvalue weighted by Crippen LogP contribution is -2.28. The van der Waals surface area contributed by atoms with Gasteiger partial charge >= 0.3 is 0 Å². The Kier molecular flexibility index (Phi) is 4.47. The topological polar surface area (TPSA) is 89.3 Å². The quantitative estimate of drug-likeness (QED) is 0.751. The second-order valence-electron chi connectivity index (χ2n) is 6.05. The van der Waals surface area contributed by atoms with Crippen molar-refractivity contribution < 1.29 is 14.6 Å². The smallest absolute Gasteiger partial charge is 0.258 e. The molecule has 0 bridgehead atoms. The summed E-state index contributed by atoms with van der Waals surface area (Å²) in [7, 11) is 0. The van der Waals surface area contributed by atoms with Gasteiger partial charge in [-0.25, -0.2) is 4.68 Å². The highest BCUT2D eigenvalue weighted by Gasteiger charge is 2.27. The molecule has 1 atom stereocenters. The Hall–Kier alpha value is -3.03. The van der Waals surface area contributed by atoms with Gasteiger partial charge in [-0.05, 0) is 41.8 Å². The van der Waals surface area contributed by atoms with E-state index in [1.165, 1.54) is 0 Å². The van der Waals surface area contributed by atoms with Crippen molar-refractivity contribution in [2.45, 2.75) is 19.1 Å². The standard InChI is InChI=1S/C19H18N4O3/c24-12-15-11-23(22-21-15)16-7-5-14(6-8-16)20-19(25)18-17-4-2-1-3-13(17)9-10-26-18/h1-8,11,18,24H,9-10,12H2,(H,20,25). The number of nitrogens with zero attached hydrogens (tertiary/aromatic N) is 3. The molecule has 0 spiro atoms. The third kappa shape index (κ3) is 3.22. The summed E-state index contributed by atoms with van der Waals surface area (Å²) in [5.74, 6) is -0.187. The summed E-state index contributed by atoms with van der Waals surface area (Å²) in [5, 5.41) is 19.7. The number of benzene rings is 2. The first-order chi connectivity index (χ1) is 12.7. The molecule has 0 fully saturated rings. The van der Waals surface area contributed by atoms with Gasteiger partial charge in [0.1, 0.15) is 5.69 Å². The van der Waals surface area contributed by atoms with Crippen molar-refractivity contribution >= 4 is 11.6 Å². The van der Waals surface area contributed by atoms with E-state index in [1.807, 2.05) is 36.4 Å². The average Bonchev–Trinajstić information content (AvgIpc) is 3.17. The van der Waals surface area contributed by atoms with Crippen molar-refractivity contribution in [2.24, 2.45) is 0 Å². The largest absolute Gasteiger partial charge is 0.390 e. The number of fused-ring (bicyclic) bond motifs is 1. The maximum absolute atomic E-state index is 12.6. The van der Waals surface area contributed by atoms with Crippen molar-refractivity contribution in [3.8, 4) is 5.69 Å². The van der Waals surface area contributed by atoms with Crippen LogP contribution in [0.2, 0.25) is 0 Å². The molecular weight excluding hydrogens is 332 g/mol. The number of aliphatic hydroxyl groups is 1. The molecule has 2 heterocycles. The van der Waals surface area contributed by atoms with Crippen LogP contribution in [0.1, 0.15) is 22.9 Å². The van der Waals surface area contributed by atoms with Crippen molar-refractivity contribution in [2.75, 3.05) is 11.9 Å². The molecule has 132 valence electrons. The summed E-state index contributed by atoms with van der Waals surface area (Å²) in [6.07, 6.45) is 1.88. The zero-order valence-electron chi connectivity index (χ0n) is 14.0. The van der Waals surface area contributed by atoms with Crippen LogP contribution in [0.4, 0.5) is 5.69 Å². The average molecular weight is 350 g/mol. The molecule has 3 aromatic rings. The molecule has 0 saturated carbocycles. The highest BCUT2D eigenvalue weighted by Crippen LogP contribution is 2.28. The minimum Gasteiger partial charge on any atom is -0.390 e. The van der Waals surface area contributed by atoms with E-state index in [0.29, 0.717) is 18.0 Å². The summed E-state index contributed by atoms with van der Waals surface area (Å²) >= 11 is 0. The molecule has 26 heavy (non-hydrogen) atoms. The Bertz CT molecular complexity index is 921. The molecule has 0 aliphatic carbocycles. The van der Waals surface area contributed by atoms with Crippen LogP contribution in [0.25, 0.3) is 5.69 Å². The van der Waals surface area contributed by atoms with Crippen LogP contribution in [0, 0.1) is 0 Å². The summed E-state index contributed by atoms with van der Waals surface area (Å²) in [4.78, 5) is 12.6. The maximum atomic E-state index is 12.6. The Balaban J connectivity index is 1.48. The maximum Gasteiger partial charge on any atom is 0.258 e. The fourth-order valence-corrected chi connectivity index (χ4v) is 3.01. The van der Waals surface area contributed by atoms with Gasteiger partial charge in [0.05, 0.1) is 25.1 Å². The minimum absolute atomic E-state index is 0.156. The van der Waals surface area contributed by atoms with Gasteiger partial charge in [0.2, 0.25) is 0 Å². The first kappa shape index (κ1) is 16.4. The van der Waals surface area contributed by atoms with Gasteiger partial charge in [-0.1, -0.05) is 29.5 Å². The van der Waals surface area contributed by atoms with E-state index in [9.17, 15) is 4.79 Å². The Morgan fingerprint density at radius 3 is 2.81 bits per heavy atom. The predicted octanol–water partition coefficient (Wildman–Crippen LogP) is 2.01. The lowest BCUT2D eigenvalue weighted by atomic mass is 9.97. The molecule has 1 aromatic heterocycles. The lowest BCUT2D eigenvalue weighted by Gasteiger charge is -2.25. The molecule has 0 radical (unpaired) electrons. The van der Waals surface area contributed by atoms with Gasteiger partial charge in [0.15, 0.2) is 6.10 Å². The van der Waals surface area contributed by atoms with Gasteiger partial charge in [0, 0.05) is 5.69 Å². The Morgan fingerprint density at radius 2 is 2.04 bits per heavy atom. The lowest BCUT2D eigenvalue weighted by molar-refractivity contribution is -0.128. The zero-order valence-corrected chi connectivity index (χ0v) is 14.0. The van der Waals surface area contributed by atoms with Crippen LogP contribution in [-0.2, 0) is 22.6 Å². The summed E-state index contributed by atoms with van der Waals surface area (Å²) < 4.78 is 7.26. The first-order valence-electron chi connectivity index (χ1n) is 8.37. The van der Waals surface area contributed by atoms with Crippen molar-refractivity contribution in [1.29, 1.82) is 0 Å². The van der Waals surface area contributed by atoms with Crippen molar-refractivity contribution in [3.05, 3.63) is 71.5 Å². The van der Waals surface area contributed by atoms with E-state index in [4.69, 9.17) is 9.84 Å². The Morgan fingerprint density at radius 1 is 1.23 bits per heavy atom.